The summed E-state index contributed by atoms with van der Waals surface area (Å²) >= 11 is 2.35. The molecule has 1 amide bonds. The minimum absolute atomic E-state index is 0.283. The minimum atomic E-state index is 0.283. The van der Waals surface area contributed by atoms with Gasteiger partial charge in [0, 0.05) is 30.1 Å². The number of halogens is 1. The highest BCUT2D eigenvalue weighted by Gasteiger charge is 2.24. The topological polar surface area (TPSA) is 23.6 Å². The van der Waals surface area contributed by atoms with E-state index in [1.165, 1.54) is 0 Å². The Bertz CT molecular complexity index is 184. The number of rotatable bonds is 3. The van der Waals surface area contributed by atoms with Crippen LogP contribution in [-0.2, 0) is 4.79 Å². The van der Waals surface area contributed by atoms with Gasteiger partial charge in [0.25, 0.3) is 0 Å². The van der Waals surface area contributed by atoms with Crippen molar-refractivity contribution in [3.8, 4) is 0 Å². The molecule has 13 heavy (non-hydrogen) atoms. The zero-order valence-corrected chi connectivity index (χ0v) is 10.5. The molecule has 1 rings (SSSR count). The second-order valence-corrected chi connectivity index (χ2v) is 4.72. The number of amides is 1. The standard InChI is InChI=1S/C9H17IN2O/c1-8(2)12-6-5-11(4-3-10)7-9(12)13/h8H,3-7H2,1-2H3. The summed E-state index contributed by atoms with van der Waals surface area (Å²) in [6.07, 6.45) is 0. The lowest BCUT2D eigenvalue weighted by molar-refractivity contribution is -0.137. The number of hydrogen-bond donors (Lipinski definition) is 0. The van der Waals surface area contributed by atoms with Gasteiger partial charge in [0.1, 0.15) is 0 Å². The fraction of sp³-hybridized carbons (Fsp3) is 0.889. The molecule has 0 aliphatic carbocycles. The van der Waals surface area contributed by atoms with Crippen molar-refractivity contribution in [2.24, 2.45) is 0 Å². The molecule has 1 aliphatic heterocycles. The maximum absolute atomic E-state index is 11.6. The van der Waals surface area contributed by atoms with Crippen molar-refractivity contribution < 1.29 is 4.79 Å². The van der Waals surface area contributed by atoms with Gasteiger partial charge in [0.2, 0.25) is 5.91 Å². The third-order valence-corrected chi connectivity index (χ3v) is 2.84. The molecule has 4 heteroatoms. The predicted molar refractivity (Wildman–Crippen MR) is 62.2 cm³/mol. The van der Waals surface area contributed by atoms with Crippen LogP contribution in [0.25, 0.3) is 0 Å². The highest BCUT2D eigenvalue weighted by atomic mass is 127. The Hall–Kier alpha value is 0.160. The summed E-state index contributed by atoms with van der Waals surface area (Å²) in [4.78, 5) is 15.8. The van der Waals surface area contributed by atoms with Gasteiger partial charge in [-0.3, -0.25) is 9.69 Å². The van der Waals surface area contributed by atoms with Gasteiger partial charge in [-0.25, -0.2) is 0 Å². The molecule has 0 N–H and O–H groups in total. The van der Waals surface area contributed by atoms with Gasteiger partial charge < -0.3 is 4.90 Å². The van der Waals surface area contributed by atoms with E-state index < -0.39 is 0 Å². The lowest BCUT2D eigenvalue weighted by Crippen LogP contribution is -2.52. The molecule has 76 valence electrons. The molecule has 0 unspecified atom stereocenters. The molecule has 1 fully saturated rings. The average molecular weight is 296 g/mol. The van der Waals surface area contributed by atoms with Crippen LogP contribution >= 0.6 is 22.6 Å². The van der Waals surface area contributed by atoms with Crippen LogP contribution in [0.1, 0.15) is 13.8 Å². The van der Waals surface area contributed by atoms with E-state index in [1.807, 2.05) is 4.90 Å². The second kappa shape index (κ2) is 5.14. The minimum Gasteiger partial charge on any atom is -0.338 e. The van der Waals surface area contributed by atoms with E-state index in [0.717, 1.165) is 24.1 Å². The number of piperazine rings is 1. The Kier molecular flexibility index (Phi) is 4.45. The maximum Gasteiger partial charge on any atom is 0.237 e. The molecule has 0 spiro atoms. The van der Waals surface area contributed by atoms with Crippen LogP contribution in [-0.4, -0.2) is 52.4 Å². The Morgan fingerprint density at radius 1 is 1.46 bits per heavy atom. The lowest BCUT2D eigenvalue weighted by atomic mass is 10.2. The van der Waals surface area contributed by atoms with Gasteiger partial charge in [-0.15, -0.1) is 0 Å². The largest absolute Gasteiger partial charge is 0.338 e. The summed E-state index contributed by atoms with van der Waals surface area (Å²) in [5.74, 6) is 0.283. The van der Waals surface area contributed by atoms with Crippen molar-refractivity contribution in [1.29, 1.82) is 0 Å². The second-order valence-electron chi connectivity index (χ2n) is 3.65. The van der Waals surface area contributed by atoms with E-state index >= 15 is 0 Å². The first-order valence-corrected chi connectivity index (χ1v) is 6.25. The number of carbonyl (C=O) groups is 1. The summed E-state index contributed by atoms with van der Waals surface area (Å²) in [5.41, 5.74) is 0. The molecule has 3 nitrogen and oxygen atoms in total. The SMILES string of the molecule is CC(C)N1CCN(CCI)CC1=O. The zero-order valence-electron chi connectivity index (χ0n) is 8.29. The molecule has 1 heterocycles. The molecule has 1 aliphatic rings. The van der Waals surface area contributed by atoms with Gasteiger partial charge in [-0.2, -0.15) is 0 Å². The van der Waals surface area contributed by atoms with Crippen molar-refractivity contribution in [3.05, 3.63) is 0 Å². The summed E-state index contributed by atoms with van der Waals surface area (Å²) in [5, 5.41) is 0. The van der Waals surface area contributed by atoms with E-state index in [2.05, 4.69) is 41.3 Å². The highest BCUT2D eigenvalue weighted by Crippen LogP contribution is 2.07. The van der Waals surface area contributed by atoms with Crippen LogP contribution < -0.4 is 0 Å². The molecule has 0 saturated carbocycles. The molecule has 0 radical (unpaired) electrons. The van der Waals surface area contributed by atoms with Crippen LogP contribution in [0, 0.1) is 0 Å². The summed E-state index contributed by atoms with van der Waals surface area (Å²) < 4.78 is 1.10. The monoisotopic (exact) mass is 296 g/mol. The Balaban J connectivity index is 2.42. The van der Waals surface area contributed by atoms with Gasteiger partial charge in [0.05, 0.1) is 6.54 Å². The average Bonchev–Trinajstić information content (AvgIpc) is 2.04. The van der Waals surface area contributed by atoms with Gasteiger partial charge in [-0.05, 0) is 13.8 Å². The van der Waals surface area contributed by atoms with Crippen molar-refractivity contribution >= 4 is 28.5 Å². The fourth-order valence-corrected chi connectivity index (χ4v) is 2.27. The van der Waals surface area contributed by atoms with Crippen LogP contribution in [0.2, 0.25) is 0 Å². The Labute approximate surface area is 93.6 Å². The fourth-order valence-electron chi connectivity index (χ4n) is 1.59. The maximum atomic E-state index is 11.6. The van der Waals surface area contributed by atoms with Crippen molar-refractivity contribution in [3.63, 3.8) is 0 Å². The van der Waals surface area contributed by atoms with Gasteiger partial charge in [-0.1, -0.05) is 22.6 Å². The third-order valence-electron chi connectivity index (χ3n) is 2.36. The molecule has 1 saturated heterocycles. The summed E-state index contributed by atoms with van der Waals surface area (Å²) in [6.45, 7) is 7.73. The number of alkyl halides is 1. The molecule has 0 aromatic heterocycles. The number of hydrogen-bond acceptors (Lipinski definition) is 2. The van der Waals surface area contributed by atoms with E-state index in [4.69, 9.17) is 0 Å². The number of carbonyl (C=O) groups excluding carboxylic acids is 1. The van der Waals surface area contributed by atoms with Crippen molar-refractivity contribution in [1.82, 2.24) is 9.80 Å². The first-order valence-electron chi connectivity index (χ1n) is 4.73. The van der Waals surface area contributed by atoms with E-state index in [1.54, 1.807) is 0 Å². The van der Waals surface area contributed by atoms with Crippen LogP contribution in [0.15, 0.2) is 0 Å². The van der Waals surface area contributed by atoms with E-state index in [0.29, 0.717) is 12.6 Å². The highest BCUT2D eigenvalue weighted by molar-refractivity contribution is 14.1. The lowest BCUT2D eigenvalue weighted by Gasteiger charge is -2.36. The molecule has 0 bridgehead atoms. The Morgan fingerprint density at radius 2 is 2.15 bits per heavy atom. The normalized spacial score (nSPS) is 20.0. The van der Waals surface area contributed by atoms with E-state index in [-0.39, 0.29) is 5.91 Å². The molecular formula is C9H17IN2O. The quantitative estimate of drug-likeness (QED) is 0.572. The molecule has 0 aromatic rings. The van der Waals surface area contributed by atoms with Crippen LogP contribution in [0.3, 0.4) is 0 Å². The van der Waals surface area contributed by atoms with Crippen LogP contribution in [0.4, 0.5) is 0 Å². The molecule has 0 aromatic carbocycles. The van der Waals surface area contributed by atoms with Crippen LogP contribution in [0.5, 0.6) is 0 Å². The summed E-state index contributed by atoms with van der Waals surface area (Å²) in [7, 11) is 0. The van der Waals surface area contributed by atoms with Gasteiger partial charge >= 0.3 is 0 Å². The predicted octanol–water partition coefficient (Wildman–Crippen LogP) is 0.974. The zero-order chi connectivity index (χ0) is 9.84. The summed E-state index contributed by atoms with van der Waals surface area (Å²) in [6, 6.07) is 0.356. The van der Waals surface area contributed by atoms with Gasteiger partial charge in [0.15, 0.2) is 0 Å². The number of nitrogens with zero attached hydrogens (tertiary/aromatic N) is 2. The van der Waals surface area contributed by atoms with E-state index in [9.17, 15) is 4.79 Å². The first-order chi connectivity index (χ1) is 6.15. The molecule has 0 atom stereocenters. The molecular weight excluding hydrogens is 279 g/mol. The smallest absolute Gasteiger partial charge is 0.237 e. The Morgan fingerprint density at radius 3 is 2.62 bits per heavy atom. The van der Waals surface area contributed by atoms with Crippen molar-refractivity contribution in [2.75, 3.05) is 30.6 Å². The third kappa shape index (κ3) is 3.09. The van der Waals surface area contributed by atoms with Crippen molar-refractivity contribution in [2.45, 2.75) is 19.9 Å². The first kappa shape index (κ1) is 11.2.